The fourth-order valence-corrected chi connectivity index (χ4v) is 2.12. The molecule has 1 N–H and O–H groups in total. The van der Waals surface area contributed by atoms with Crippen LogP contribution in [0.2, 0.25) is 0 Å². The Bertz CT molecular complexity index is 489. The maximum absolute atomic E-state index is 11.7. The Morgan fingerprint density at radius 1 is 1.32 bits per heavy atom. The van der Waals surface area contributed by atoms with E-state index < -0.39 is 4.92 Å². The van der Waals surface area contributed by atoms with Gasteiger partial charge in [0, 0.05) is 29.1 Å². The van der Waals surface area contributed by atoms with Gasteiger partial charge in [0.15, 0.2) is 0 Å². The minimum atomic E-state index is -0.413. The largest absolute Gasteiger partial charge is 0.326 e. The summed E-state index contributed by atoms with van der Waals surface area (Å²) in [5.41, 5.74) is 1.97. The second kappa shape index (κ2) is 7.23. The molecule has 1 aromatic rings. The number of nitro groups is 1. The number of nitrogens with one attached hydrogen (secondary N) is 1. The number of amides is 1. The monoisotopic (exact) mass is 328 g/mol. The fourth-order valence-electron chi connectivity index (χ4n) is 1.73. The molecular formula is C13H17BrN2O3. The van der Waals surface area contributed by atoms with Crippen molar-refractivity contribution < 1.29 is 9.72 Å². The van der Waals surface area contributed by atoms with Gasteiger partial charge in [-0.3, -0.25) is 14.9 Å². The second-order valence-corrected chi connectivity index (χ2v) is 5.20. The van der Waals surface area contributed by atoms with Crippen LogP contribution in [0.4, 0.5) is 11.4 Å². The van der Waals surface area contributed by atoms with E-state index in [9.17, 15) is 14.9 Å². The van der Waals surface area contributed by atoms with Crippen molar-refractivity contribution in [3.8, 4) is 0 Å². The summed E-state index contributed by atoms with van der Waals surface area (Å²) in [4.78, 5) is 22.1. The number of nitrogens with zero attached hydrogens (tertiary/aromatic N) is 1. The quantitative estimate of drug-likeness (QED) is 0.374. The zero-order chi connectivity index (χ0) is 14.4. The Balaban J connectivity index is 2.77. The molecule has 0 bridgehead atoms. The van der Waals surface area contributed by atoms with Crippen molar-refractivity contribution in [2.24, 2.45) is 0 Å². The van der Waals surface area contributed by atoms with Crippen molar-refractivity contribution in [2.75, 3.05) is 10.6 Å². The van der Waals surface area contributed by atoms with Gasteiger partial charge in [0.2, 0.25) is 5.91 Å². The molecule has 0 radical (unpaired) electrons. The third kappa shape index (κ3) is 4.63. The van der Waals surface area contributed by atoms with Crippen LogP contribution in [-0.2, 0) is 4.79 Å². The SMILES string of the molecule is Cc1cc([N+](=O)[O-])c(C)cc1NC(=O)CCCCBr. The number of halogens is 1. The highest BCUT2D eigenvalue weighted by atomic mass is 79.9. The zero-order valence-corrected chi connectivity index (χ0v) is 12.6. The van der Waals surface area contributed by atoms with Crippen molar-refractivity contribution in [3.05, 3.63) is 33.4 Å². The zero-order valence-electron chi connectivity index (χ0n) is 11.0. The van der Waals surface area contributed by atoms with Crippen LogP contribution in [0.5, 0.6) is 0 Å². The smallest absolute Gasteiger partial charge is 0.272 e. The van der Waals surface area contributed by atoms with Crippen LogP contribution in [0, 0.1) is 24.0 Å². The number of carbonyl (C=O) groups excluding carboxylic acids is 1. The van der Waals surface area contributed by atoms with E-state index in [0.717, 1.165) is 18.2 Å². The average molecular weight is 329 g/mol. The number of hydrogen-bond donors (Lipinski definition) is 1. The molecule has 0 spiro atoms. The van der Waals surface area contributed by atoms with E-state index in [-0.39, 0.29) is 11.6 Å². The van der Waals surface area contributed by atoms with E-state index in [1.807, 2.05) is 0 Å². The van der Waals surface area contributed by atoms with E-state index in [1.165, 1.54) is 6.07 Å². The first kappa shape index (κ1) is 15.6. The normalized spacial score (nSPS) is 10.3. The molecule has 0 atom stereocenters. The summed E-state index contributed by atoms with van der Waals surface area (Å²) in [5, 5.41) is 14.5. The van der Waals surface area contributed by atoms with Crippen LogP contribution in [0.15, 0.2) is 12.1 Å². The Morgan fingerprint density at radius 2 is 2.00 bits per heavy atom. The van der Waals surface area contributed by atoms with E-state index in [1.54, 1.807) is 19.9 Å². The molecule has 0 aliphatic rings. The lowest BCUT2D eigenvalue weighted by Crippen LogP contribution is -2.12. The van der Waals surface area contributed by atoms with E-state index in [2.05, 4.69) is 21.2 Å². The molecule has 1 amide bonds. The van der Waals surface area contributed by atoms with Crippen LogP contribution in [0.25, 0.3) is 0 Å². The molecule has 19 heavy (non-hydrogen) atoms. The average Bonchev–Trinajstić information content (AvgIpc) is 2.33. The number of alkyl halides is 1. The van der Waals surface area contributed by atoms with Gasteiger partial charge in [-0.15, -0.1) is 0 Å². The van der Waals surface area contributed by atoms with Gasteiger partial charge >= 0.3 is 0 Å². The molecule has 0 aromatic heterocycles. The fraction of sp³-hybridized carbons (Fsp3) is 0.462. The maximum Gasteiger partial charge on any atom is 0.272 e. The molecule has 1 aromatic carbocycles. The topological polar surface area (TPSA) is 72.2 Å². The third-order valence-corrected chi connectivity index (χ3v) is 3.36. The standard InChI is InChI=1S/C13H17BrN2O3/c1-9-8-12(16(18)19)10(2)7-11(9)15-13(17)5-3-4-6-14/h7-8H,3-6H2,1-2H3,(H,15,17). The second-order valence-electron chi connectivity index (χ2n) is 4.40. The van der Waals surface area contributed by atoms with Crippen molar-refractivity contribution in [1.82, 2.24) is 0 Å². The van der Waals surface area contributed by atoms with Crippen LogP contribution in [0.1, 0.15) is 30.4 Å². The lowest BCUT2D eigenvalue weighted by Gasteiger charge is -2.09. The molecule has 0 saturated carbocycles. The van der Waals surface area contributed by atoms with Gasteiger partial charge in [0.1, 0.15) is 0 Å². The van der Waals surface area contributed by atoms with Crippen molar-refractivity contribution >= 4 is 33.2 Å². The van der Waals surface area contributed by atoms with Gasteiger partial charge in [-0.05, 0) is 38.3 Å². The van der Waals surface area contributed by atoms with E-state index in [4.69, 9.17) is 0 Å². The number of hydrogen-bond acceptors (Lipinski definition) is 3. The molecule has 1 rings (SSSR count). The van der Waals surface area contributed by atoms with E-state index >= 15 is 0 Å². The predicted octanol–water partition coefficient (Wildman–Crippen LogP) is 3.72. The molecule has 0 saturated heterocycles. The predicted molar refractivity (Wildman–Crippen MR) is 78.8 cm³/mol. The van der Waals surface area contributed by atoms with Gasteiger partial charge in [0.25, 0.3) is 5.69 Å². The number of carbonyl (C=O) groups is 1. The van der Waals surface area contributed by atoms with Crippen molar-refractivity contribution in [2.45, 2.75) is 33.1 Å². The van der Waals surface area contributed by atoms with Crippen LogP contribution in [0.3, 0.4) is 0 Å². The summed E-state index contributed by atoms with van der Waals surface area (Å²) in [6, 6.07) is 3.14. The lowest BCUT2D eigenvalue weighted by molar-refractivity contribution is -0.385. The summed E-state index contributed by atoms with van der Waals surface area (Å²) < 4.78 is 0. The highest BCUT2D eigenvalue weighted by Crippen LogP contribution is 2.26. The van der Waals surface area contributed by atoms with Gasteiger partial charge in [-0.2, -0.15) is 0 Å². The number of nitro benzene ring substituents is 1. The number of anilines is 1. The Hall–Kier alpha value is -1.43. The Kier molecular flexibility index (Phi) is 5.95. The van der Waals surface area contributed by atoms with Crippen LogP contribution in [-0.4, -0.2) is 16.2 Å². The molecule has 0 unspecified atom stereocenters. The Labute approximate surface area is 120 Å². The first-order chi connectivity index (χ1) is 8.95. The molecule has 6 heteroatoms. The van der Waals surface area contributed by atoms with Gasteiger partial charge in [-0.25, -0.2) is 0 Å². The molecule has 5 nitrogen and oxygen atoms in total. The van der Waals surface area contributed by atoms with Crippen LogP contribution >= 0.6 is 15.9 Å². The summed E-state index contributed by atoms with van der Waals surface area (Å²) in [5.74, 6) is -0.0581. The highest BCUT2D eigenvalue weighted by molar-refractivity contribution is 9.09. The molecule has 0 aliphatic carbocycles. The summed E-state index contributed by atoms with van der Waals surface area (Å²) >= 11 is 3.31. The van der Waals surface area contributed by atoms with Gasteiger partial charge < -0.3 is 5.32 Å². The lowest BCUT2D eigenvalue weighted by atomic mass is 10.1. The Morgan fingerprint density at radius 3 is 2.58 bits per heavy atom. The molecular weight excluding hydrogens is 312 g/mol. The molecule has 0 heterocycles. The molecule has 0 fully saturated rings. The van der Waals surface area contributed by atoms with Gasteiger partial charge in [0.05, 0.1) is 4.92 Å². The third-order valence-electron chi connectivity index (χ3n) is 2.80. The summed E-state index contributed by atoms with van der Waals surface area (Å²) in [6.45, 7) is 3.42. The minimum absolute atomic E-state index is 0.0581. The van der Waals surface area contributed by atoms with E-state index in [0.29, 0.717) is 23.2 Å². The number of aryl methyl sites for hydroxylation is 2. The maximum atomic E-state index is 11.7. The summed E-state index contributed by atoms with van der Waals surface area (Å²) in [7, 11) is 0. The van der Waals surface area contributed by atoms with Crippen molar-refractivity contribution in [3.63, 3.8) is 0 Å². The first-order valence-corrected chi connectivity index (χ1v) is 7.19. The number of unbranched alkanes of at least 4 members (excludes halogenated alkanes) is 1. The number of rotatable bonds is 6. The van der Waals surface area contributed by atoms with Crippen LogP contribution < -0.4 is 5.32 Å². The van der Waals surface area contributed by atoms with Gasteiger partial charge in [-0.1, -0.05) is 15.9 Å². The van der Waals surface area contributed by atoms with Crippen molar-refractivity contribution in [1.29, 1.82) is 0 Å². The summed E-state index contributed by atoms with van der Waals surface area (Å²) in [6.07, 6.45) is 2.23. The number of benzene rings is 1. The molecule has 104 valence electrons. The first-order valence-electron chi connectivity index (χ1n) is 6.07. The minimum Gasteiger partial charge on any atom is -0.326 e. The molecule has 0 aliphatic heterocycles. The highest BCUT2D eigenvalue weighted by Gasteiger charge is 2.14.